The van der Waals surface area contributed by atoms with Crippen molar-refractivity contribution in [3.8, 4) is 0 Å². The number of ketones is 1. The molecule has 2 aliphatic rings. The fourth-order valence-corrected chi connectivity index (χ4v) is 5.01. The Morgan fingerprint density at radius 1 is 1.14 bits per heavy atom. The summed E-state index contributed by atoms with van der Waals surface area (Å²) in [6, 6.07) is 2.04. The van der Waals surface area contributed by atoms with Crippen LogP contribution in [0.5, 0.6) is 0 Å². The molecule has 5 nitrogen and oxygen atoms in total. The second kappa shape index (κ2) is 8.64. The van der Waals surface area contributed by atoms with Crippen molar-refractivity contribution in [2.45, 2.75) is 52.4 Å². The van der Waals surface area contributed by atoms with Crippen LogP contribution in [-0.2, 0) is 4.79 Å². The van der Waals surface area contributed by atoms with Gasteiger partial charge >= 0.3 is 0 Å². The van der Waals surface area contributed by atoms with Crippen LogP contribution in [0.1, 0.15) is 51.0 Å². The van der Waals surface area contributed by atoms with Crippen LogP contribution >= 0.6 is 0 Å². The van der Waals surface area contributed by atoms with Gasteiger partial charge in [-0.1, -0.05) is 12.8 Å². The topological polar surface area (TPSA) is 49.6 Å². The lowest BCUT2D eigenvalue weighted by Crippen LogP contribution is -2.47. The molecule has 0 atom stereocenters. The van der Waals surface area contributed by atoms with Gasteiger partial charge in [-0.05, 0) is 57.6 Å². The van der Waals surface area contributed by atoms with Gasteiger partial charge in [-0.3, -0.25) is 4.90 Å². The van der Waals surface area contributed by atoms with Crippen LogP contribution in [0.25, 0.3) is 11.0 Å². The fourth-order valence-electron chi connectivity index (χ4n) is 5.01. The van der Waals surface area contributed by atoms with Gasteiger partial charge in [0.1, 0.15) is 17.2 Å². The normalized spacial score (nSPS) is 24.0. The molecule has 1 aliphatic heterocycles. The van der Waals surface area contributed by atoms with E-state index < -0.39 is 0 Å². The largest absolute Gasteiger partial charge is 0.464 e. The summed E-state index contributed by atoms with van der Waals surface area (Å²) in [5.41, 5.74) is 2.06. The first-order valence-electron chi connectivity index (χ1n) is 10.9. The van der Waals surface area contributed by atoms with Gasteiger partial charge in [0.15, 0.2) is 0 Å². The zero-order valence-corrected chi connectivity index (χ0v) is 17.3. The first-order valence-corrected chi connectivity index (χ1v) is 10.9. The predicted octanol–water partition coefficient (Wildman–Crippen LogP) is 4.43. The van der Waals surface area contributed by atoms with E-state index in [9.17, 15) is 4.79 Å². The van der Waals surface area contributed by atoms with E-state index in [0.29, 0.717) is 11.7 Å². The van der Waals surface area contributed by atoms with E-state index in [1.54, 1.807) is 13.2 Å². The number of carbonyl (C=O) groups is 1. The lowest BCUT2D eigenvalue weighted by atomic mass is 9.78. The summed E-state index contributed by atoms with van der Waals surface area (Å²) < 4.78 is 5.64. The molecule has 28 heavy (non-hydrogen) atoms. The number of carbonyl (C=O) groups excluding carboxylic acids is 1. The van der Waals surface area contributed by atoms with E-state index in [0.717, 1.165) is 60.9 Å². The second-order valence-electron chi connectivity index (χ2n) is 8.84. The van der Waals surface area contributed by atoms with Crippen molar-refractivity contribution in [2.24, 2.45) is 11.8 Å². The molecule has 2 aromatic rings. The van der Waals surface area contributed by atoms with Gasteiger partial charge in [-0.15, -0.1) is 0 Å². The van der Waals surface area contributed by atoms with Crippen LogP contribution in [0, 0.1) is 18.8 Å². The molecule has 0 N–H and O–H groups in total. The monoisotopic (exact) mass is 383 g/mol. The quantitative estimate of drug-likeness (QED) is 0.738. The Morgan fingerprint density at radius 3 is 2.57 bits per heavy atom. The molecule has 0 amide bonds. The van der Waals surface area contributed by atoms with Crippen molar-refractivity contribution in [1.82, 2.24) is 9.88 Å². The molecule has 0 spiro atoms. The molecule has 0 aromatic carbocycles. The Morgan fingerprint density at radius 2 is 1.86 bits per heavy atom. The molecule has 4 rings (SSSR count). The first-order chi connectivity index (χ1) is 13.6. The Kier molecular flexibility index (Phi) is 6.00. The summed E-state index contributed by atoms with van der Waals surface area (Å²) in [5.74, 6) is 2.93. The number of aromatic nitrogens is 1. The summed E-state index contributed by atoms with van der Waals surface area (Å²) >= 11 is 0. The van der Waals surface area contributed by atoms with Crippen molar-refractivity contribution in [1.29, 1.82) is 0 Å². The molecule has 1 saturated heterocycles. The molecular formula is C23H33N3O2. The molecule has 1 saturated carbocycles. The standard InChI is InChI=1S/C23H33N3O2/c1-17-16-24-23(21-8-14-28-22(17)21)26-12-10-25(11-13-26)9-7-19-3-5-20(6-4-19)15-18(2)27/h8,14,16,19-20H,3-7,9-13,15H2,1-2H3. The maximum absolute atomic E-state index is 11.3. The number of rotatable bonds is 6. The van der Waals surface area contributed by atoms with Crippen LogP contribution in [-0.4, -0.2) is 48.4 Å². The number of Topliss-reactive ketones (excluding diaryl/α,β-unsaturated/α-hetero) is 1. The van der Waals surface area contributed by atoms with E-state index in [-0.39, 0.29) is 0 Å². The SMILES string of the molecule is CC(=O)CC1CCC(CCN2CCN(c3ncc(C)c4occc34)CC2)CC1. The molecule has 2 aromatic heterocycles. The Hall–Kier alpha value is -1.88. The molecular weight excluding hydrogens is 350 g/mol. The minimum absolute atomic E-state index is 0.358. The highest BCUT2D eigenvalue weighted by Gasteiger charge is 2.24. The van der Waals surface area contributed by atoms with Crippen LogP contribution in [0.4, 0.5) is 5.82 Å². The van der Waals surface area contributed by atoms with E-state index >= 15 is 0 Å². The summed E-state index contributed by atoms with van der Waals surface area (Å²) in [6.45, 7) is 9.26. The van der Waals surface area contributed by atoms with Crippen molar-refractivity contribution < 1.29 is 9.21 Å². The Labute approximate surface area is 168 Å². The smallest absolute Gasteiger partial charge is 0.142 e. The number of nitrogens with zero attached hydrogens (tertiary/aromatic N) is 3. The van der Waals surface area contributed by atoms with Crippen LogP contribution in [0.15, 0.2) is 22.9 Å². The minimum atomic E-state index is 0.358. The number of hydrogen-bond acceptors (Lipinski definition) is 5. The highest BCUT2D eigenvalue weighted by molar-refractivity contribution is 5.90. The number of piperazine rings is 1. The lowest BCUT2D eigenvalue weighted by Gasteiger charge is -2.37. The van der Waals surface area contributed by atoms with Crippen LogP contribution < -0.4 is 4.90 Å². The van der Waals surface area contributed by atoms with E-state index in [1.165, 1.54) is 38.6 Å². The molecule has 0 radical (unpaired) electrons. The second-order valence-corrected chi connectivity index (χ2v) is 8.84. The van der Waals surface area contributed by atoms with Crippen LogP contribution in [0.3, 0.4) is 0 Å². The zero-order chi connectivity index (χ0) is 19.5. The third kappa shape index (κ3) is 4.40. The van der Waals surface area contributed by atoms with E-state index in [1.807, 2.05) is 19.2 Å². The van der Waals surface area contributed by atoms with Gasteiger partial charge in [0.05, 0.1) is 11.6 Å². The maximum atomic E-state index is 11.3. The van der Waals surface area contributed by atoms with Crippen molar-refractivity contribution in [3.63, 3.8) is 0 Å². The van der Waals surface area contributed by atoms with Crippen LogP contribution in [0.2, 0.25) is 0 Å². The van der Waals surface area contributed by atoms with Gasteiger partial charge in [0.25, 0.3) is 0 Å². The molecule has 3 heterocycles. The number of furan rings is 1. The maximum Gasteiger partial charge on any atom is 0.142 e. The molecule has 1 aliphatic carbocycles. The van der Waals surface area contributed by atoms with Gasteiger partial charge in [-0.2, -0.15) is 0 Å². The average molecular weight is 384 g/mol. The Bertz CT molecular complexity index is 799. The van der Waals surface area contributed by atoms with Gasteiger partial charge in [0, 0.05) is 44.4 Å². The number of pyridine rings is 1. The molecule has 2 fully saturated rings. The number of hydrogen-bond donors (Lipinski definition) is 0. The van der Waals surface area contributed by atoms with Gasteiger partial charge < -0.3 is 14.1 Å². The molecule has 0 bridgehead atoms. The molecule has 5 heteroatoms. The van der Waals surface area contributed by atoms with E-state index in [2.05, 4.69) is 9.80 Å². The van der Waals surface area contributed by atoms with Crippen molar-refractivity contribution in [3.05, 3.63) is 24.1 Å². The third-order valence-electron chi connectivity index (χ3n) is 6.71. The number of fused-ring (bicyclic) bond motifs is 1. The average Bonchev–Trinajstić information content (AvgIpc) is 3.19. The predicted molar refractivity (Wildman–Crippen MR) is 113 cm³/mol. The van der Waals surface area contributed by atoms with Gasteiger partial charge in [0.2, 0.25) is 0 Å². The molecule has 0 unspecified atom stereocenters. The third-order valence-corrected chi connectivity index (χ3v) is 6.71. The summed E-state index contributed by atoms with van der Waals surface area (Å²) in [5, 5.41) is 1.13. The summed E-state index contributed by atoms with van der Waals surface area (Å²) in [7, 11) is 0. The van der Waals surface area contributed by atoms with E-state index in [4.69, 9.17) is 9.40 Å². The zero-order valence-electron chi connectivity index (χ0n) is 17.3. The Balaban J connectivity index is 1.23. The molecule has 152 valence electrons. The van der Waals surface area contributed by atoms with Crippen molar-refractivity contribution >= 4 is 22.6 Å². The summed E-state index contributed by atoms with van der Waals surface area (Å²) in [6.07, 6.45) is 10.9. The first kappa shape index (κ1) is 19.4. The lowest BCUT2D eigenvalue weighted by molar-refractivity contribution is -0.118. The fraction of sp³-hybridized carbons (Fsp3) is 0.652. The summed E-state index contributed by atoms with van der Waals surface area (Å²) in [4.78, 5) is 21.0. The van der Waals surface area contributed by atoms with Gasteiger partial charge in [-0.25, -0.2) is 4.98 Å². The number of anilines is 1. The minimum Gasteiger partial charge on any atom is -0.464 e. The number of aryl methyl sites for hydroxylation is 1. The van der Waals surface area contributed by atoms with Crippen molar-refractivity contribution in [2.75, 3.05) is 37.6 Å². The highest BCUT2D eigenvalue weighted by atomic mass is 16.3. The highest BCUT2D eigenvalue weighted by Crippen LogP contribution is 2.33.